The first-order valence-electron chi connectivity index (χ1n) is 9.45. The number of carbonyl (C=O) groups is 1. The van der Waals surface area contributed by atoms with Gasteiger partial charge in [-0.1, -0.05) is 60.6 Å². The summed E-state index contributed by atoms with van der Waals surface area (Å²) in [6.07, 6.45) is -3.11. The zero-order chi connectivity index (χ0) is 20.2. The molecule has 6 atom stereocenters. The molecule has 0 amide bonds. The van der Waals surface area contributed by atoms with E-state index in [1.807, 2.05) is 43.3 Å². The third kappa shape index (κ3) is 4.11. The van der Waals surface area contributed by atoms with Crippen molar-refractivity contribution in [2.75, 3.05) is 6.61 Å². The van der Waals surface area contributed by atoms with Gasteiger partial charge in [0.1, 0.15) is 24.5 Å². The summed E-state index contributed by atoms with van der Waals surface area (Å²) in [6.45, 7) is 2.04. The largest absolute Gasteiger partial charge is 0.456 e. The molecule has 2 aliphatic rings. The second-order valence-electron chi connectivity index (χ2n) is 7.04. The summed E-state index contributed by atoms with van der Waals surface area (Å²) >= 11 is 0. The third-order valence-electron chi connectivity index (χ3n) is 5.15. The van der Waals surface area contributed by atoms with Crippen molar-refractivity contribution in [3.8, 4) is 0 Å². The van der Waals surface area contributed by atoms with E-state index in [4.69, 9.17) is 24.5 Å². The van der Waals surface area contributed by atoms with Crippen LogP contribution in [0.5, 0.6) is 0 Å². The maximum atomic E-state index is 12.7. The van der Waals surface area contributed by atoms with Gasteiger partial charge in [-0.25, -0.2) is 4.79 Å². The fraction of sp³-hybridized carbons (Fsp3) is 0.381. The Morgan fingerprint density at radius 3 is 2.48 bits per heavy atom. The SMILES string of the molecule is CC1[C@H](N=[N+]=[N-])OC2COC(c3ccccc3)O[C@H]2[C@@H]1OC(=O)c1ccccc1. The molecule has 0 bridgehead atoms. The molecule has 2 aliphatic heterocycles. The van der Waals surface area contributed by atoms with Gasteiger partial charge in [0, 0.05) is 16.4 Å². The third-order valence-corrected chi connectivity index (χ3v) is 5.15. The zero-order valence-corrected chi connectivity index (χ0v) is 15.8. The number of esters is 1. The van der Waals surface area contributed by atoms with Gasteiger partial charge in [0.2, 0.25) is 0 Å². The number of rotatable bonds is 4. The summed E-state index contributed by atoms with van der Waals surface area (Å²) in [6, 6.07) is 18.3. The number of hydrogen-bond acceptors (Lipinski definition) is 6. The Hall–Kier alpha value is -2.90. The van der Waals surface area contributed by atoms with Gasteiger partial charge < -0.3 is 18.9 Å². The number of ether oxygens (including phenoxy) is 4. The summed E-state index contributed by atoms with van der Waals surface area (Å²) in [4.78, 5) is 15.6. The van der Waals surface area contributed by atoms with Gasteiger partial charge in [0.05, 0.1) is 12.2 Å². The molecule has 0 aromatic heterocycles. The summed E-state index contributed by atoms with van der Waals surface area (Å²) in [5.41, 5.74) is 10.2. The number of fused-ring (bicyclic) bond motifs is 1. The van der Waals surface area contributed by atoms with Crippen LogP contribution in [0.4, 0.5) is 0 Å². The fourth-order valence-electron chi connectivity index (χ4n) is 3.63. The van der Waals surface area contributed by atoms with E-state index in [-0.39, 0.29) is 6.61 Å². The van der Waals surface area contributed by atoms with Crippen molar-refractivity contribution < 1.29 is 23.7 Å². The number of nitrogens with zero attached hydrogens (tertiary/aromatic N) is 3. The average Bonchev–Trinajstić information content (AvgIpc) is 2.77. The van der Waals surface area contributed by atoms with E-state index in [0.717, 1.165) is 5.56 Å². The molecule has 2 saturated heterocycles. The Morgan fingerprint density at radius 2 is 1.79 bits per heavy atom. The maximum absolute atomic E-state index is 12.7. The number of hydrogen-bond donors (Lipinski definition) is 0. The highest BCUT2D eigenvalue weighted by molar-refractivity contribution is 5.89. The van der Waals surface area contributed by atoms with Crippen LogP contribution in [0, 0.1) is 5.92 Å². The Balaban J connectivity index is 1.59. The number of benzene rings is 2. The molecule has 2 fully saturated rings. The average molecular weight is 395 g/mol. The monoisotopic (exact) mass is 395 g/mol. The Bertz CT molecular complexity index is 888. The standard InChI is InChI=1S/C21H21N3O5/c1-13-17(28-20(25)14-8-4-2-5-9-14)18-16(27-19(13)23-24-22)12-26-21(29-18)15-10-6-3-7-11-15/h2-11,13,16-19,21H,12H2,1H3/t13?,16?,17-,18-,19-,21?/m1/s1. The molecule has 0 N–H and O–H groups in total. The van der Waals surface area contributed by atoms with Gasteiger partial charge >= 0.3 is 5.97 Å². The lowest BCUT2D eigenvalue weighted by atomic mass is 9.90. The van der Waals surface area contributed by atoms with Gasteiger partial charge in [0.15, 0.2) is 6.29 Å². The molecule has 0 radical (unpaired) electrons. The minimum Gasteiger partial charge on any atom is -0.456 e. The van der Waals surface area contributed by atoms with Crippen LogP contribution in [0.25, 0.3) is 10.4 Å². The summed E-state index contributed by atoms with van der Waals surface area (Å²) in [5, 5.41) is 3.72. The van der Waals surface area contributed by atoms with Gasteiger partial charge in [-0.15, -0.1) is 0 Å². The van der Waals surface area contributed by atoms with E-state index in [0.29, 0.717) is 5.56 Å². The fourth-order valence-corrected chi connectivity index (χ4v) is 3.63. The lowest BCUT2D eigenvalue weighted by Crippen LogP contribution is -2.59. The van der Waals surface area contributed by atoms with Gasteiger partial charge in [-0.3, -0.25) is 0 Å². The molecular weight excluding hydrogens is 374 g/mol. The molecule has 0 aliphatic carbocycles. The van der Waals surface area contributed by atoms with E-state index in [9.17, 15) is 4.79 Å². The van der Waals surface area contributed by atoms with E-state index < -0.39 is 42.7 Å². The molecule has 0 saturated carbocycles. The van der Waals surface area contributed by atoms with Gasteiger partial charge in [-0.05, 0) is 17.7 Å². The van der Waals surface area contributed by atoms with Crippen LogP contribution in [0.1, 0.15) is 29.1 Å². The molecule has 29 heavy (non-hydrogen) atoms. The first kappa shape index (κ1) is 19.4. The molecule has 8 heteroatoms. The van der Waals surface area contributed by atoms with Crippen molar-refractivity contribution in [3.63, 3.8) is 0 Å². The summed E-state index contributed by atoms with van der Waals surface area (Å²) < 4.78 is 23.7. The molecule has 4 rings (SSSR count). The predicted octanol–water partition coefficient (Wildman–Crippen LogP) is 4.00. The minimum atomic E-state index is -0.782. The van der Waals surface area contributed by atoms with Crippen LogP contribution in [-0.2, 0) is 18.9 Å². The van der Waals surface area contributed by atoms with Crippen LogP contribution < -0.4 is 0 Å². The van der Waals surface area contributed by atoms with Crippen LogP contribution in [-0.4, -0.2) is 37.1 Å². The lowest BCUT2D eigenvalue weighted by Gasteiger charge is -2.47. The van der Waals surface area contributed by atoms with Crippen LogP contribution in [0.15, 0.2) is 65.8 Å². The summed E-state index contributed by atoms with van der Waals surface area (Å²) in [5.74, 6) is -0.858. The smallest absolute Gasteiger partial charge is 0.338 e. The Kier molecular flexibility index (Phi) is 5.78. The molecule has 3 unspecified atom stereocenters. The van der Waals surface area contributed by atoms with Crippen LogP contribution in [0.2, 0.25) is 0 Å². The maximum Gasteiger partial charge on any atom is 0.338 e. The quantitative estimate of drug-likeness (QED) is 0.337. The molecule has 2 aromatic rings. The molecule has 0 spiro atoms. The van der Waals surface area contributed by atoms with E-state index >= 15 is 0 Å². The highest BCUT2D eigenvalue weighted by Gasteiger charge is 2.50. The Labute approximate surface area is 168 Å². The van der Waals surface area contributed by atoms with Crippen molar-refractivity contribution in [1.29, 1.82) is 0 Å². The second-order valence-corrected chi connectivity index (χ2v) is 7.04. The second kappa shape index (κ2) is 8.63. The first-order chi connectivity index (χ1) is 14.2. The highest BCUT2D eigenvalue weighted by Crippen LogP contribution is 2.38. The number of azide groups is 1. The number of carbonyl (C=O) groups excluding carboxylic acids is 1. The lowest BCUT2D eigenvalue weighted by molar-refractivity contribution is -0.319. The van der Waals surface area contributed by atoms with Crippen molar-refractivity contribution in [3.05, 3.63) is 82.2 Å². The molecule has 2 heterocycles. The van der Waals surface area contributed by atoms with Crippen LogP contribution >= 0.6 is 0 Å². The minimum absolute atomic E-state index is 0.230. The molecule has 150 valence electrons. The topological polar surface area (TPSA) is 103 Å². The van der Waals surface area contributed by atoms with E-state index in [1.54, 1.807) is 24.3 Å². The van der Waals surface area contributed by atoms with Crippen molar-refractivity contribution in [2.24, 2.45) is 11.0 Å². The normalized spacial score (nSPS) is 31.2. The van der Waals surface area contributed by atoms with Crippen molar-refractivity contribution in [2.45, 2.75) is 37.8 Å². The van der Waals surface area contributed by atoms with E-state index in [1.165, 1.54) is 0 Å². The first-order valence-corrected chi connectivity index (χ1v) is 9.45. The van der Waals surface area contributed by atoms with Crippen LogP contribution in [0.3, 0.4) is 0 Å². The van der Waals surface area contributed by atoms with Crippen molar-refractivity contribution in [1.82, 2.24) is 0 Å². The van der Waals surface area contributed by atoms with Gasteiger partial charge in [0.25, 0.3) is 0 Å². The molecular formula is C21H21N3O5. The Morgan fingerprint density at radius 1 is 1.10 bits per heavy atom. The highest BCUT2D eigenvalue weighted by atomic mass is 16.7. The zero-order valence-electron chi connectivity index (χ0n) is 15.8. The van der Waals surface area contributed by atoms with E-state index in [2.05, 4.69) is 10.0 Å². The van der Waals surface area contributed by atoms with Gasteiger partial charge in [-0.2, -0.15) is 0 Å². The molecule has 2 aromatic carbocycles. The van der Waals surface area contributed by atoms with Crippen molar-refractivity contribution >= 4 is 5.97 Å². The summed E-state index contributed by atoms with van der Waals surface area (Å²) in [7, 11) is 0. The molecule has 8 nitrogen and oxygen atoms in total. The predicted molar refractivity (Wildman–Crippen MR) is 103 cm³/mol.